The fraction of sp³-hybridized carbons (Fsp3) is 0.750. The van der Waals surface area contributed by atoms with Crippen molar-refractivity contribution in [1.29, 1.82) is 0 Å². The van der Waals surface area contributed by atoms with E-state index in [9.17, 15) is 4.79 Å². The van der Waals surface area contributed by atoms with Crippen LogP contribution in [0, 0.1) is 13.8 Å². The SMILES string of the molecule is Cc1cc(C(=O)N2C3CCNCC2CC3)c(C)n1C1CCCCC1. The van der Waals surface area contributed by atoms with Gasteiger partial charge < -0.3 is 14.8 Å². The summed E-state index contributed by atoms with van der Waals surface area (Å²) in [6, 6.07) is 3.59. The van der Waals surface area contributed by atoms with E-state index in [0.717, 1.165) is 31.5 Å². The van der Waals surface area contributed by atoms with Crippen LogP contribution < -0.4 is 5.32 Å². The minimum Gasteiger partial charge on any atom is -0.345 e. The van der Waals surface area contributed by atoms with E-state index in [0.29, 0.717) is 18.1 Å². The molecule has 4 heteroatoms. The van der Waals surface area contributed by atoms with Gasteiger partial charge >= 0.3 is 0 Å². The fourth-order valence-corrected chi connectivity index (χ4v) is 5.35. The molecule has 1 amide bonds. The first-order chi connectivity index (χ1) is 11.7. The maximum Gasteiger partial charge on any atom is 0.256 e. The minimum atomic E-state index is 0.279. The number of aromatic nitrogens is 1. The van der Waals surface area contributed by atoms with E-state index in [1.54, 1.807) is 0 Å². The number of nitrogens with one attached hydrogen (secondary N) is 1. The summed E-state index contributed by atoms with van der Waals surface area (Å²) in [6.07, 6.45) is 9.99. The Bertz CT molecular complexity index is 601. The standard InChI is InChI=1S/C20H31N3O/c1-14-12-19(15(2)22(14)16-6-4-3-5-7-16)20(24)23-17-8-9-18(23)13-21-11-10-17/h12,16-18,21H,3-11,13H2,1-2H3. The van der Waals surface area contributed by atoms with Crippen molar-refractivity contribution in [3.63, 3.8) is 0 Å². The first-order valence-electron chi connectivity index (χ1n) is 9.88. The highest BCUT2D eigenvalue weighted by molar-refractivity contribution is 5.96. The average molecular weight is 329 g/mol. The van der Waals surface area contributed by atoms with Crippen LogP contribution in [0.2, 0.25) is 0 Å². The number of rotatable bonds is 2. The van der Waals surface area contributed by atoms with Gasteiger partial charge in [-0.1, -0.05) is 19.3 Å². The van der Waals surface area contributed by atoms with Gasteiger partial charge in [-0.15, -0.1) is 0 Å². The van der Waals surface area contributed by atoms with Crippen molar-refractivity contribution >= 4 is 5.91 Å². The van der Waals surface area contributed by atoms with Crippen LogP contribution in [0.25, 0.3) is 0 Å². The van der Waals surface area contributed by atoms with Crippen LogP contribution in [-0.2, 0) is 0 Å². The summed E-state index contributed by atoms with van der Waals surface area (Å²) in [6.45, 7) is 6.35. The Morgan fingerprint density at radius 1 is 1.00 bits per heavy atom. The monoisotopic (exact) mass is 329 g/mol. The number of carbonyl (C=O) groups is 1. The third kappa shape index (κ3) is 2.69. The Morgan fingerprint density at radius 2 is 1.75 bits per heavy atom. The van der Waals surface area contributed by atoms with Gasteiger partial charge in [-0.25, -0.2) is 0 Å². The highest BCUT2D eigenvalue weighted by atomic mass is 16.2. The molecule has 2 unspecified atom stereocenters. The topological polar surface area (TPSA) is 37.3 Å². The summed E-state index contributed by atoms with van der Waals surface area (Å²) >= 11 is 0. The normalized spacial score (nSPS) is 28.2. The van der Waals surface area contributed by atoms with E-state index in [4.69, 9.17) is 0 Å². The molecule has 3 aliphatic rings. The molecule has 3 heterocycles. The molecule has 132 valence electrons. The highest BCUT2D eigenvalue weighted by Crippen LogP contribution is 2.34. The quantitative estimate of drug-likeness (QED) is 0.900. The Morgan fingerprint density at radius 3 is 2.54 bits per heavy atom. The Hall–Kier alpha value is -1.29. The van der Waals surface area contributed by atoms with Gasteiger partial charge in [0.15, 0.2) is 0 Å². The van der Waals surface area contributed by atoms with Gasteiger partial charge in [0.2, 0.25) is 0 Å². The Kier molecular flexibility index (Phi) is 4.42. The summed E-state index contributed by atoms with van der Waals surface area (Å²) in [4.78, 5) is 15.6. The highest BCUT2D eigenvalue weighted by Gasteiger charge is 2.39. The molecule has 0 radical (unpaired) electrons. The van der Waals surface area contributed by atoms with E-state index < -0.39 is 0 Å². The van der Waals surface area contributed by atoms with Crippen molar-refractivity contribution in [2.24, 2.45) is 0 Å². The second-order valence-corrected chi connectivity index (χ2v) is 8.04. The molecule has 2 saturated heterocycles. The number of fused-ring (bicyclic) bond motifs is 2. The lowest BCUT2D eigenvalue weighted by Crippen LogP contribution is -2.42. The summed E-state index contributed by atoms with van der Waals surface area (Å²) in [7, 11) is 0. The largest absolute Gasteiger partial charge is 0.345 e. The van der Waals surface area contributed by atoms with Crippen molar-refractivity contribution in [2.75, 3.05) is 13.1 Å². The molecule has 1 aromatic heterocycles. The molecular weight excluding hydrogens is 298 g/mol. The zero-order valence-corrected chi connectivity index (χ0v) is 15.2. The first kappa shape index (κ1) is 16.2. The van der Waals surface area contributed by atoms with Crippen LogP contribution in [0.15, 0.2) is 6.07 Å². The third-order valence-corrected chi connectivity index (χ3v) is 6.54. The van der Waals surface area contributed by atoms with Crippen LogP contribution in [0.5, 0.6) is 0 Å². The zero-order valence-electron chi connectivity index (χ0n) is 15.2. The van der Waals surface area contributed by atoms with Crippen molar-refractivity contribution in [3.05, 3.63) is 23.0 Å². The number of amides is 1. The van der Waals surface area contributed by atoms with Gasteiger partial charge in [-0.05, 0) is 58.6 Å². The van der Waals surface area contributed by atoms with E-state index in [1.807, 2.05) is 0 Å². The van der Waals surface area contributed by atoms with E-state index in [2.05, 4.69) is 34.7 Å². The van der Waals surface area contributed by atoms with Gasteiger partial charge in [0.25, 0.3) is 5.91 Å². The molecule has 1 N–H and O–H groups in total. The van der Waals surface area contributed by atoms with Crippen molar-refractivity contribution in [2.45, 2.75) is 83.3 Å². The molecule has 4 rings (SSSR count). The molecule has 0 aromatic carbocycles. The molecule has 2 atom stereocenters. The van der Waals surface area contributed by atoms with Crippen LogP contribution in [0.3, 0.4) is 0 Å². The second-order valence-electron chi connectivity index (χ2n) is 8.04. The van der Waals surface area contributed by atoms with Crippen molar-refractivity contribution in [1.82, 2.24) is 14.8 Å². The lowest BCUT2D eigenvalue weighted by Gasteiger charge is -2.29. The summed E-state index contributed by atoms with van der Waals surface area (Å²) in [5.74, 6) is 0.279. The lowest BCUT2D eigenvalue weighted by molar-refractivity contribution is 0.0679. The van der Waals surface area contributed by atoms with Gasteiger partial charge in [-0.2, -0.15) is 0 Å². The van der Waals surface area contributed by atoms with E-state index in [-0.39, 0.29) is 5.91 Å². The van der Waals surface area contributed by atoms with Gasteiger partial charge in [0.05, 0.1) is 5.56 Å². The molecule has 2 aliphatic heterocycles. The molecule has 3 fully saturated rings. The van der Waals surface area contributed by atoms with Crippen LogP contribution in [0.1, 0.15) is 79.2 Å². The smallest absolute Gasteiger partial charge is 0.256 e. The van der Waals surface area contributed by atoms with Gasteiger partial charge in [-0.3, -0.25) is 4.79 Å². The number of hydrogen-bond donors (Lipinski definition) is 1. The first-order valence-corrected chi connectivity index (χ1v) is 9.88. The number of nitrogens with zero attached hydrogens (tertiary/aromatic N) is 2. The predicted molar refractivity (Wildman–Crippen MR) is 96.5 cm³/mol. The lowest BCUT2D eigenvalue weighted by atomic mass is 9.95. The molecular formula is C20H31N3O. The third-order valence-electron chi connectivity index (χ3n) is 6.54. The summed E-state index contributed by atoms with van der Waals surface area (Å²) in [5.41, 5.74) is 3.42. The maximum absolute atomic E-state index is 13.4. The Labute approximate surface area is 145 Å². The van der Waals surface area contributed by atoms with E-state index >= 15 is 0 Å². The maximum atomic E-state index is 13.4. The fourth-order valence-electron chi connectivity index (χ4n) is 5.35. The van der Waals surface area contributed by atoms with Crippen molar-refractivity contribution < 1.29 is 4.79 Å². The molecule has 24 heavy (non-hydrogen) atoms. The predicted octanol–water partition coefficient (Wildman–Crippen LogP) is 3.58. The molecule has 1 saturated carbocycles. The summed E-state index contributed by atoms with van der Waals surface area (Å²) < 4.78 is 2.46. The summed E-state index contributed by atoms with van der Waals surface area (Å²) in [5, 5.41) is 3.50. The van der Waals surface area contributed by atoms with Gasteiger partial charge in [0.1, 0.15) is 0 Å². The molecule has 1 aromatic rings. The Balaban J connectivity index is 1.63. The average Bonchev–Trinajstić information content (AvgIpc) is 3.02. The number of aryl methyl sites for hydroxylation is 1. The molecule has 4 nitrogen and oxygen atoms in total. The van der Waals surface area contributed by atoms with Crippen molar-refractivity contribution in [3.8, 4) is 0 Å². The molecule has 2 bridgehead atoms. The molecule has 1 aliphatic carbocycles. The van der Waals surface area contributed by atoms with Crippen LogP contribution in [-0.4, -0.2) is 40.5 Å². The molecule has 0 spiro atoms. The number of hydrogen-bond acceptors (Lipinski definition) is 2. The van der Waals surface area contributed by atoms with Crippen LogP contribution >= 0.6 is 0 Å². The minimum absolute atomic E-state index is 0.279. The van der Waals surface area contributed by atoms with E-state index in [1.165, 1.54) is 49.9 Å². The van der Waals surface area contributed by atoms with Crippen LogP contribution in [0.4, 0.5) is 0 Å². The number of carbonyl (C=O) groups excluding carboxylic acids is 1. The second kappa shape index (κ2) is 6.55. The zero-order chi connectivity index (χ0) is 16.7. The van der Waals surface area contributed by atoms with Gasteiger partial charge in [0, 0.05) is 36.1 Å².